The normalized spacial score (nSPS) is 16.1. The molecule has 2 heterocycles. The third kappa shape index (κ3) is 5.18. The molecule has 154 valence electrons. The van der Waals surface area contributed by atoms with Crippen LogP contribution in [0.2, 0.25) is 0 Å². The van der Waals surface area contributed by atoms with E-state index in [-0.39, 0.29) is 12.2 Å². The van der Waals surface area contributed by atoms with Gasteiger partial charge in [-0.15, -0.1) is 11.3 Å². The molecule has 0 radical (unpaired) electrons. The van der Waals surface area contributed by atoms with Crippen molar-refractivity contribution in [3.63, 3.8) is 0 Å². The fourth-order valence-electron chi connectivity index (χ4n) is 3.65. The Bertz CT molecular complexity index is 853. The summed E-state index contributed by atoms with van der Waals surface area (Å²) < 4.78 is 10.1. The number of aryl methyl sites for hydroxylation is 1. The van der Waals surface area contributed by atoms with Crippen LogP contribution < -0.4 is 10.9 Å². The number of aromatic nitrogens is 2. The summed E-state index contributed by atoms with van der Waals surface area (Å²) in [5.74, 6) is 0.172. The van der Waals surface area contributed by atoms with Crippen LogP contribution in [0.3, 0.4) is 0 Å². The number of carbonyl (C=O) groups is 1. The van der Waals surface area contributed by atoms with Gasteiger partial charge in [-0.2, -0.15) is 0 Å². The second-order valence-electron chi connectivity index (χ2n) is 7.30. The topological polar surface area (TPSA) is 93.3 Å². The third-order valence-electron chi connectivity index (χ3n) is 5.22. The molecule has 7 nitrogen and oxygen atoms in total. The first-order valence-electron chi connectivity index (χ1n) is 10.0. The zero-order chi connectivity index (χ0) is 19.9. The molecule has 2 N–H and O–H groups in total. The summed E-state index contributed by atoms with van der Waals surface area (Å²) in [6.45, 7) is 2.81. The van der Waals surface area contributed by atoms with Crippen molar-refractivity contribution in [1.82, 2.24) is 15.3 Å². The molecule has 28 heavy (non-hydrogen) atoms. The molecule has 0 amide bonds. The highest BCUT2D eigenvalue weighted by Crippen LogP contribution is 2.27. The van der Waals surface area contributed by atoms with Crippen molar-refractivity contribution < 1.29 is 14.3 Å². The second kappa shape index (κ2) is 10.1. The average molecular weight is 408 g/mol. The van der Waals surface area contributed by atoms with Gasteiger partial charge >= 0.3 is 5.97 Å². The lowest BCUT2D eigenvalue weighted by atomic mass is 9.97. The monoisotopic (exact) mass is 407 g/mol. The van der Waals surface area contributed by atoms with Gasteiger partial charge in [0.15, 0.2) is 0 Å². The predicted octanol–water partition coefficient (Wildman–Crippen LogP) is 3.30. The van der Waals surface area contributed by atoms with E-state index in [9.17, 15) is 9.59 Å². The number of fused-ring (bicyclic) bond motifs is 1. The molecule has 0 bridgehead atoms. The van der Waals surface area contributed by atoms with Crippen molar-refractivity contribution in [2.24, 2.45) is 0 Å². The third-order valence-corrected chi connectivity index (χ3v) is 6.38. The maximum Gasteiger partial charge on any atom is 0.348 e. The summed E-state index contributed by atoms with van der Waals surface area (Å²) in [6, 6.07) is 0.470. The van der Waals surface area contributed by atoms with E-state index < -0.39 is 5.97 Å². The molecule has 1 saturated carbocycles. The van der Waals surface area contributed by atoms with Gasteiger partial charge in [0.25, 0.3) is 5.56 Å². The molecular formula is C20H29N3O4S. The predicted molar refractivity (Wildman–Crippen MR) is 110 cm³/mol. The van der Waals surface area contributed by atoms with Crippen LogP contribution in [0, 0.1) is 6.92 Å². The Morgan fingerprint density at radius 3 is 2.64 bits per heavy atom. The molecule has 0 aromatic carbocycles. The number of H-pyrrole nitrogens is 1. The summed E-state index contributed by atoms with van der Waals surface area (Å²) >= 11 is 1.21. The SMILES string of the molecule is COCCOC(=O)c1sc2nc(CNC3CCCCCCC3)[nH]c(=O)c2c1C. The molecule has 0 aliphatic heterocycles. The van der Waals surface area contributed by atoms with Crippen LogP contribution in [0.4, 0.5) is 0 Å². The smallest absolute Gasteiger partial charge is 0.348 e. The first-order valence-corrected chi connectivity index (χ1v) is 10.8. The van der Waals surface area contributed by atoms with Gasteiger partial charge in [0.1, 0.15) is 22.1 Å². The number of nitrogens with zero attached hydrogens (tertiary/aromatic N) is 1. The highest BCUT2D eigenvalue weighted by atomic mass is 32.1. The Balaban J connectivity index is 1.72. The number of nitrogens with one attached hydrogen (secondary N) is 2. The van der Waals surface area contributed by atoms with Gasteiger partial charge < -0.3 is 19.8 Å². The fourth-order valence-corrected chi connectivity index (χ4v) is 4.75. The van der Waals surface area contributed by atoms with Crippen molar-refractivity contribution in [1.29, 1.82) is 0 Å². The summed E-state index contributed by atoms with van der Waals surface area (Å²) in [7, 11) is 1.55. The van der Waals surface area contributed by atoms with E-state index in [1.165, 1.54) is 56.3 Å². The Kier molecular flexibility index (Phi) is 7.58. The van der Waals surface area contributed by atoms with Crippen LogP contribution in [0.1, 0.15) is 66.0 Å². The van der Waals surface area contributed by atoms with Crippen molar-refractivity contribution >= 4 is 27.5 Å². The Labute approximate surface area is 168 Å². The van der Waals surface area contributed by atoms with Crippen LogP contribution in [0.15, 0.2) is 4.79 Å². The van der Waals surface area contributed by atoms with E-state index in [1.54, 1.807) is 14.0 Å². The van der Waals surface area contributed by atoms with Crippen LogP contribution in [-0.4, -0.2) is 42.3 Å². The summed E-state index contributed by atoms with van der Waals surface area (Å²) in [5.41, 5.74) is 0.417. The number of hydrogen-bond acceptors (Lipinski definition) is 7. The molecular weight excluding hydrogens is 378 g/mol. The maximum atomic E-state index is 12.6. The van der Waals surface area contributed by atoms with Crippen molar-refractivity contribution in [2.45, 2.75) is 64.5 Å². The molecule has 0 spiro atoms. The lowest BCUT2D eigenvalue weighted by Crippen LogP contribution is -2.30. The van der Waals surface area contributed by atoms with Crippen LogP contribution >= 0.6 is 11.3 Å². The summed E-state index contributed by atoms with van der Waals surface area (Å²) in [4.78, 5) is 33.3. The van der Waals surface area contributed by atoms with E-state index in [2.05, 4.69) is 15.3 Å². The molecule has 1 aliphatic rings. The van der Waals surface area contributed by atoms with Crippen LogP contribution in [0.25, 0.3) is 10.2 Å². The number of methoxy groups -OCH3 is 1. The Morgan fingerprint density at radius 1 is 1.21 bits per heavy atom. The summed E-state index contributed by atoms with van der Waals surface area (Å²) in [6.07, 6.45) is 8.78. The average Bonchev–Trinajstić information content (AvgIpc) is 2.98. The number of thiophene rings is 1. The minimum atomic E-state index is -0.439. The van der Waals surface area contributed by atoms with Crippen LogP contribution in [-0.2, 0) is 16.0 Å². The van der Waals surface area contributed by atoms with Crippen molar-refractivity contribution in [2.75, 3.05) is 20.3 Å². The molecule has 1 aliphatic carbocycles. The number of aromatic amines is 1. The minimum Gasteiger partial charge on any atom is -0.459 e. The molecule has 2 aromatic heterocycles. The summed E-state index contributed by atoms with van der Waals surface area (Å²) in [5, 5.41) is 4.01. The number of rotatable bonds is 7. The second-order valence-corrected chi connectivity index (χ2v) is 8.30. The standard InChI is InChI=1S/C20H29N3O4S/c1-13-16-18(24)22-15(12-21-14-8-6-4-3-5-7-9-14)23-19(16)28-17(13)20(25)27-11-10-26-2/h14,21H,3-12H2,1-2H3,(H,22,23,24). The van der Waals surface area contributed by atoms with E-state index in [4.69, 9.17) is 9.47 Å². The maximum absolute atomic E-state index is 12.6. The zero-order valence-electron chi connectivity index (χ0n) is 16.6. The van der Waals surface area contributed by atoms with Gasteiger partial charge in [-0.25, -0.2) is 9.78 Å². The van der Waals surface area contributed by atoms with Gasteiger partial charge in [0.2, 0.25) is 0 Å². The number of carbonyl (C=O) groups excluding carboxylic acids is 1. The van der Waals surface area contributed by atoms with E-state index in [1.807, 2.05) is 0 Å². The van der Waals surface area contributed by atoms with E-state index >= 15 is 0 Å². The van der Waals surface area contributed by atoms with Gasteiger partial charge in [0.05, 0.1) is 18.5 Å². The van der Waals surface area contributed by atoms with Gasteiger partial charge in [-0.3, -0.25) is 4.79 Å². The molecule has 0 atom stereocenters. The number of esters is 1. The first kappa shape index (κ1) is 21.0. The Hall–Kier alpha value is -1.77. The first-order chi connectivity index (χ1) is 13.6. The molecule has 3 rings (SSSR count). The number of ether oxygens (including phenoxy) is 2. The van der Waals surface area contributed by atoms with Gasteiger partial charge in [0, 0.05) is 13.2 Å². The van der Waals surface area contributed by atoms with Crippen molar-refractivity contribution in [3.05, 3.63) is 26.6 Å². The Morgan fingerprint density at radius 2 is 1.93 bits per heavy atom. The molecule has 8 heteroatoms. The van der Waals surface area contributed by atoms with E-state index in [0.29, 0.717) is 45.7 Å². The lowest BCUT2D eigenvalue weighted by molar-refractivity contribution is 0.0393. The molecule has 0 unspecified atom stereocenters. The highest BCUT2D eigenvalue weighted by molar-refractivity contribution is 7.20. The highest BCUT2D eigenvalue weighted by Gasteiger charge is 2.20. The molecule has 2 aromatic rings. The minimum absolute atomic E-state index is 0.184. The van der Waals surface area contributed by atoms with Gasteiger partial charge in [-0.05, 0) is 25.3 Å². The molecule has 0 saturated heterocycles. The van der Waals surface area contributed by atoms with Crippen LogP contribution in [0.5, 0.6) is 0 Å². The quantitative estimate of drug-likeness (QED) is 0.540. The fraction of sp³-hybridized carbons (Fsp3) is 0.650. The van der Waals surface area contributed by atoms with Gasteiger partial charge in [-0.1, -0.05) is 32.1 Å². The lowest BCUT2D eigenvalue weighted by Gasteiger charge is -2.20. The van der Waals surface area contributed by atoms with Crippen molar-refractivity contribution in [3.8, 4) is 0 Å². The van der Waals surface area contributed by atoms with E-state index in [0.717, 1.165) is 0 Å². The number of hydrogen-bond donors (Lipinski definition) is 2. The largest absolute Gasteiger partial charge is 0.459 e. The zero-order valence-corrected chi connectivity index (χ0v) is 17.5. The molecule has 1 fully saturated rings.